The molecule has 0 bridgehead atoms. The van der Waals surface area contributed by atoms with Gasteiger partial charge in [0.05, 0.1) is 25.0 Å². The molecule has 2 rings (SSSR count). The van der Waals surface area contributed by atoms with Crippen molar-refractivity contribution in [2.24, 2.45) is 17.2 Å². The molecule has 1 aliphatic rings. The van der Waals surface area contributed by atoms with Crippen LogP contribution in [0.25, 0.3) is 6.20 Å². The first kappa shape index (κ1) is 17.9. The maximum absolute atomic E-state index is 5.92. The Morgan fingerprint density at radius 1 is 1.43 bits per heavy atom. The summed E-state index contributed by atoms with van der Waals surface area (Å²) in [6.45, 7) is 11.1. The predicted octanol–water partition coefficient (Wildman–Crippen LogP) is 2.70. The molecule has 1 aromatic rings. The summed E-state index contributed by atoms with van der Waals surface area (Å²) in [5.74, 6) is 6.20. The summed E-state index contributed by atoms with van der Waals surface area (Å²) in [5, 5.41) is 4.36. The topological polar surface area (TPSA) is 80.8 Å². The van der Waals surface area contributed by atoms with E-state index in [1.165, 1.54) is 0 Å². The monoisotopic (exact) mass is 325 g/mol. The molecule has 2 heterocycles. The number of nitrogens with zero attached hydrogens (tertiary/aromatic N) is 2. The predicted molar refractivity (Wildman–Crippen MR) is 86.2 cm³/mol. The van der Waals surface area contributed by atoms with Crippen molar-refractivity contribution in [2.45, 2.75) is 47.2 Å². The van der Waals surface area contributed by atoms with Gasteiger partial charge in [0, 0.05) is 11.6 Å². The number of rotatable bonds is 8. The maximum atomic E-state index is 5.92. The van der Waals surface area contributed by atoms with Crippen LogP contribution in [0.5, 0.6) is 5.88 Å². The van der Waals surface area contributed by atoms with Gasteiger partial charge in [0.1, 0.15) is 0 Å². The fourth-order valence-corrected chi connectivity index (χ4v) is 2.07. The lowest BCUT2D eigenvalue weighted by Gasteiger charge is -2.33. The molecule has 2 N–H and O–H groups in total. The Balaban J connectivity index is 2.19. The highest BCUT2D eigenvalue weighted by atomic mass is 16.9. The zero-order valence-corrected chi connectivity index (χ0v) is 14.5. The summed E-state index contributed by atoms with van der Waals surface area (Å²) in [5.41, 5.74) is 0.579. The van der Waals surface area contributed by atoms with Crippen LogP contribution < -0.4 is 10.6 Å². The van der Waals surface area contributed by atoms with Gasteiger partial charge in [-0.15, -0.1) is 0 Å². The van der Waals surface area contributed by atoms with E-state index in [2.05, 4.69) is 18.9 Å². The van der Waals surface area contributed by atoms with Crippen LogP contribution in [0.3, 0.4) is 0 Å². The molecule has 0 atom stereocenters. The van der Waals surface area contributed by atoms with E-state index in [9.17, 15) is 0 Å². The van der Waals surface area contributed by atoms with Crippen LogP contribution in [0.15, 0.2) is 12.3 Å². The van der Waals surface area contributed by atoms with Crippen LogP contribution in [0, 0.1) is 11.3 Å². The van der Waals surface area contributed by atoms with E-state index in [0.29, 0.717) is 25.0 Å². The number of hydrogen-bond donors (Lipinski definition) is 1. The van der Waals surface area contributed by atoms with Gasteiger partial charge in [-0.3, -0.25) is 0 Å². The average Bonchev–Trinajstić information content (AvgIpc) is 2.82. The quantitative estimate of drug-likeness (QED) is 0.740. The van der Waals surface area contributed by atoms with Crippen LogP contribution in [0.2, 0.25) is 0 Å². The van der Waals surface area contributed by atoms with Crippen molar-refractivity contribution in [1.29, 1.82) is 0 Å². The third-order valence-corrected chi connectivity index (χ3v) is 3.34. The largest absolute Gasteiger partial charge is 0.477 e. The molecule has 1 aliphatic heterocycles. The molecule has 0 spiro atoms. The average molecular weight is 325 g/mol. The summed E-state index contributed by atoms with van der Waals surface area (Å²) < 4.78 is 18.7. The van der Waals surface area contributed by atoms with Crippen LogP contribution in [-0.4, -0.2) is 29.3 Å². The summed E-state index contributed by atoms with van der Waals surface area (Å²) in [7, 11) is 0. The van der Waals surface area contributed by atoms with Gasteiger partial charge in [0.2, 0.25) is 5.88 Å². The molecule has 1 saturated heterocycles. The van der Waals surface area contributed by atoms with E-state index in [1.54, 1.807) is 10.9 Å². The maximum Gasteiger partial charge on any atom is 0.224 e. The van der Waals surface area contributed by atoms with Crippen molar-refractivity contribution in [2.75, 3.05) is 13.2 Å². The molecule has 1 aromatic heterocycles. The van der Waals surface area contributed by atoms with Gasteiger partial charge in [-0.1, -0.05) is 33.8 Å². The van der Waals surface area contributed by atoms with Crippen molar-refractivity contribution in [1.82, 2.24) is 9.78 Å². The van der Waals surface area contributed by atoms with Gasteiger partial charge in [-0.25, -0.2) is 10.6 Å². The second-order valence-electron chi connectivity index (χ2n) is 6.84. The number of hydrogen-bond acceptors (Lipinski definition) is 6. The number of aromatic nitrogens is 2. The molecule has 0 aromatic carbocycles. The molecule has 7 nitrogen and oxygen atoms in total. The molecule has 1 fully saturated rings. The van der Waals surface area contributed by atoms with Gasteiger partial charge >= 0.3 is 0 Å². The normalized spacial score (nSPS) is 21.9. The van der Waals surface area contributed by atoms with Gasteiger partial charge in [-0.2, -0.15) is 5.10 Å². The van der Waals surface area contributed by atoms with E-state index in [-0.39, 0.29) is 11.7 Å². The molecule has 0 unspecified atom stereocenters. The van der Waals surface area contributed by atoms with Crippen LogP contribution >= 0.6 is 0 Å². The summed E-state index contributed by atoms with van der Waals surface area (Å²) in [6, 6.07) is 0. The van der Waals surface area contributed by atoms with Crippen LogP contribution in [0.4, 0.5) is 0 Å². The Morgan fingerprint density at radius 3 is 2.70 bits per heavy atom. The van der Waals surface area contributed by atoms with Crippen molar-refractivity contribution in [3.8, 4) is 5.88 Å². The first-order chi connectivity index (χ1) is 10.8. The van der Waals surface area contributed by atoms with Crippen molar-refractivity contribution in [3.63, 3.8) is 0 Å². The lowest BCUT2D eigenvalue weighted by molar-refractivity contribution is -0.382. The minimum atomic E-state index is -0.422. The first-order valence-electron chi connectivity index (χ1n) is 7.84. The fraction of sp³-hybridized carbons (Fsp3) is 0.688. The van der Waals surface area contributed by atoms with Gasteiger partial charge in [0.25, 0.3) is 0 Å². The minimum Gasteiger partial charge on any atom is -0.477 e. The highest BCUT2D eigenvalue weighted by Gasteiger charge is 2.33. The molecular weight excluding hydrogens is 298 g/mol. The van der Waals surface area contributed by atoms with Crippen molar-refractivity contribution in [3.05, 3.63) is 17.8 Å². The Hall–Kier alpha value is -1.41. The van der Waals surface area contributed by atoms with Crippen LogP contribution in [0.1, 0.15) is 46.5 Å². The second-order valence-corrected chi connectivity index (χ2v) is 6.84. The standard InChI is InChI=1S/C16H27N3O4/c1-11(2)9-20-14-13(15-22-12(3)23-15)8-18-19(14)7-6-16(4,5)10-21-17/h6-8,11-12,15H,9-10,17H2,1-5H3/b7-6+. The van der Waals surface area contributed by atoms with E-state index < -0.39 is 6.29 Å². The lowest BCUT2D eigenvalue weighted by atomic mass is 9.95. The smallest absolute Gasteiger partial charge is 0.224 e. The zero-order valence-electron chi connectivity index (χ0n) is 14.5. The van der Waals surface area contributed by atoms with E-state index in [1.807, 2.05) is 33.0 Å². The van der Waals surface area contributed by atoms with Gasteiger partial charge in [0.15, 0.2) is 12.6 Å². The molecule has 0 aliphatic carbocycles. The molecule has 130 valence electrons. The molecule has 23 heavy (non-hydrogen) atoms. The van der Waals surface area contributed by atoms with E-state index in [4.69, 9.17) is 24.9 Å². The fourth-order valence-electron chi connectivity index (χ4n) is 2.07. The molecule has 0 amide bonds. The van der Waals surface area contributed by atoms with Crippen LogP contribution in [-0.2, 0) is 14.3 Å². The Bertz CT molecular complexity index is 533. The molecular formula is C16H27N3O4. The third kappa shape index (κ3) is 4.78. The lowest BCUT2D eigenvalue weighted by Crippen LogP contribution is -2.31. The Morgan fingerprint density at radius 2 is 2.13 bits per heavy atom. The number of ether oxygens (including phenoxy) is 3. The SMILES string of the molecule is CC(C)COc1c(C2OC(C)O2)cnn1/C=C/C(C)(C)CON. The summed E-state index contributed by atoms with van der Waals surface area (Å²) in [6.07, 6.45) is 4.92. The highest BCUT2D eigenvalue weighted by molar-refractivity contribution is 5.36. The van der Waals surface area contributed by atoms with Gasteiger partial charge < -0.3 is 19.0 Å². The number of nitrogens with two attached hydrogens (primary N) is 1. The van der Waals surface area contributed by atoms with E-state index in [0.717, 1.165) is 5.56 Å². The van der Waals surface area contributed by atoms with E-state index >= 15 is 0 Å². The van der Waals surface area contributed by atoms with Crippen molar-refractivity contribution < 1.29 is 19.0 Å². The molecule has 7 heteroatoms. The highest BCUT2D eigenvalue weighted by Crippen LogP contribution is 2.37. The zero-order chi connectivity index (χ0) is 17.0. The first-order valence-corrected chi connectivity index (χ1v) is 7.84. The summed E-state index contributed by atoms with van der Waals surface area (Å²) in [4.78, 5) is 4.73. The summed E-state index contributed by atoms with van der Waals surface area (Å²) >= 11 is 0. The Kier molecular flexibility index (Phi) is 5.80. The molecule has 0 radical (unpaired) electrons. The minimum absolute atomic E-state index is 0.197. The Labute approximate surface area is 137 Å². The molecule has 0 saturated carbocycles. The second kappa shape index (κ2) is 7.44. The van der Waals surface area contributed by atoms with Gasteiger partial charge in [-0.05, 0) is 12.8 Å². The van der Waals surface area contributed by atoms with Crippen molar-refractivity contribution >= 4 is 6.20 Å². The third-order valence-electron chi connectivity index (χ3n) is 3.34.